The molecule has 7 atom stereocenters. The molecule has 0 unspecified atom stereocenters. The molecule has 7 nitrogen and oxygen atoms in total. The molecule has 30 heavy (non-hydrogen) atoms. The molecule has 0 radical (unpaired) electrons. The van der Waals surface area contributed by atoms with E-state index in [0.717, 1.165) is 12.0 Å². The third-order valence-electron chi connectivity index (χ3n) is 8.49. The molecular formula is C23H28O7. The minimum atomic E-state index is -1.77. The molecule has 4 aliphatic rings. The van der Waals surface area contributed by atoms with Crippen molar-refractivity contribution in [1.82, 2.24) is 0 Å². The van der Waals surface area contributed by atoms with E-state index in [9.17, 15) is 29.4 Å². The molecule has 0 heterocycles. The van der Waals surface area contributed by atoms with Crippen molar-refractivity contribution in [3.05, 3.63) is 23.8 Å². The minimum absolute atomic E-state index is 0.0257. The fraction of sp³-hybridized carbons (Fsp3) is 0.652. The van der Waals surface area contributed by atoms with E-state index >= 15 is 0 Å². The molecule has 0 aliphatic heterocycles. The van der Waals surface area contributed by atoms with Crippen LogP contribution in [0.2, 0.25) is 0 Å². The van der Waals surface area contributed by atoms with E-state index < -0.39 is 40.3 Å². The SMILES string of the molecule is CC(=O)O[C@]1(C(=O)C(=O)O)CC[C@H]2[C@@H]3CCC4=CC(=O)C=C[C@]4(C)[C@H]3[C@@H](O)C[C@@]21C. The molecule has 0 aromatic heterocycles. The number of carboxylic acids is 1. The van der Waals surface area contributed by atoms with Crippen molar-refractivity contribution in [3.63, 3.8) is 0 Å². The summed E-state index contributed by atoms with van der Waals surface area (Å²) < 4.78 is 5.52. The van der Waals surface area contributed by atoms with Crippen molar-refractivity contribution in [2.75, 3.05) is 0 Å². The van der Waals surface area contributed by atoms with Crippen molar-refractivity contribution in [2.45, 2.75) is 64.6 Å². The van der Waals surface area contributed by atoms with Gasteiger partial charge in [-0.3, -0.25) is 14.4 Å². The first-order valence-electron chi connectivity index (χ1n) is 10.6. The highest BCUT2D eigenvalue weighted by Gasteiger charge is 2.71. The number of esters is 1. The minimum Gasteiger partial charge on any atom is -0.475 e. The van der Waals surface area contributed by atoms with Gasteiger partial charge >= 0.3 is 11.9 Å². The van der Waals surface area contributed by atoms with Crippen molar-refractivity contribution >= 4 is 23.5 Å². The summed E-state index contributed by atoms with van der Waals surface area (Å²) in [5.74, 6) is -3.66. The monoisotopic (exact) mass is 416 g/mol. The molecule has 162 valence electrons. The molecule has 7 heteroatoms. The summed E-state index contributed by atoms with van der Waals surface area (Å²) in [6, 6.07) is 0. The Labute approximate surface area is 175 Å². The molecule has 0 aromatic carbocycles. The number of ether oxygens (including phenoxy) is 1. The second kappa shape index (κ2) is 6.61. The van der Waals surface area contributed by atoms with Crippen LogP contribution >= 0.6 is 0 Å². The van der Waals surface area contributed by atoms with Crippen LogP contribution in [0.25, 0.3) is 0 Å². The standard InChI is InChI=1S/C23H28O7/c1-12(24)30-23(19(27)20(28)29)9-7-16-15-5-4-13-10-14(25)6-8-21(13,2)18(15)17(26)11-22(16,23)3/h6,8,10,15-18,26H,4-5,7,9,11H2,1-3H3,(H,28,29)/t15-,16-,17-,18+,21-,22-,23-/m0/s1. The molecule has 4 aliphatic carbocycles. The summed E-state index contributed by atoms with van der Waals surface area (Å²) >= 11 is 0. The Morgan fingerprint density at radius 1 is 1.20 bits per heavy atom. The van der Waals surface area contributed by atoms with Crippen molar-refractivity contribution in [1.29, 1.82) is 0 Å². The van der Waals surface area contributed by atoms with Crippen molar-refractivity contribution < 1.29 is 34.1 Å². The van der Waals surface area contributed by atoms with Gasteiger partial charge in [-0.2, -0.15) is 0 Å². The number of hydrogen-bond donors (Lipinski definition) is 2. The molecule has 0 aromatic rings. The highest BCUT2D eigenvalue weighted by molar-refractivity contribution is 6.36. The van der Waals surface area contributed by atoms with Gasteiger partial charge in [0, 0.05) is 23.7 Å². The number of aliphatic hydroxyl groups excluding tert-OH is 1. The van der Waals surface area contributed by atoms with Crippen LogP contribution in [0.4, 0.5) is 0 Å². The number of rotatable bonds is 3. The zero-order valence-electron chi connectivity index (χ0n) is 17.5. The predicted octanol–water partition coefficient (Wildman–Crippen LogP) is 2.22. The number of aliphatic carboxylic acids is 1. The smallest absolute Gasteiger partial charge is 0.376 e. The molecule has 0 bridgehead atoms. The average Bonchev–Trinajstić information content (AvgIpc) is 2.93. The van der Waals surface area contributed by atoms with Gasteiger partial charge in [-0.05, 0) is 56.1 Å². The average molecular weight is 416 g/mol. The number of allylic oxidation sites excluding steroid dienone is 4. The normalized spacial score (nSPS) is 44.4. The van der Waals surface area contributed by atoms with Crippen LogP contribution in [-0.4, -0.2) is 45.4 Å². The Kier molecular flexibility index (Phi) is 4.62. The van der Waals surface area contributed by atoms with Crippen LogP contribution in [0.3, 0.4) is 0 Å². The van der Waals surface area contributed by atoms with Crippen LogP contribution in [0.1, 0.15) is 52.9 Å². The Morgan fingerprint density at radius 2 is 1.90 bits per heavy atom. The van der Waals surface area contributed by atoms with Crippen LogP contribution in [0.5, 0.6) is 0 Å². The van der Waals surface area contributed by atoms with Crippen molar-refractivity contribution in [2.24, 2.45) is 28.6 Å². The number of aliphatic hydroxyl groups is 1. The lowest BCUT2D eigenvalue weighted by Gasteiger charge is -2.59. The van der Waals surface area contributed by atoms with Gasteiger partial charge in [-0.25, -0.2) is 4.79 Å². The van der Waals surface area contributed by atoms with E-state index in [1.807, 2.05) is 13.0 Å². The molecule has 2 N–H and O–H groups in total. The summed E-state index contributed by atoms with van der Waals surface area (Å²) in [4.78, 5) is 48.3. The summed E-state index contributed by atoms with van der Waals surface area (Å²) in [6.45, 7) is 5.02. The van der Waals surface area contributed by atoms with Gasteiger partial charge < -0.3 is 14.9 Å². The van der Waals surface area contributed by atoms with Gasteiger partial charge in [0.15, 0.2) is 11.4 Å². The first-order valence-corrected chi connectivity index (χ1v) is 10.6. The number of hydrogen-bond acceptors (Lipinski definition) is 6. The van der Waals surface area contributed by atoms with Crippen molar-refractivity contribution in [3.8, 4) is 0 Å². The van der Waals surface area contributed by atoms with Gasteiger partial charge in [0.05, 0.1) is 6.10 Å². The van der Waals surface area contributed by atoms with Crippen LogP contribution in [0.15, 0.2) is 23.8 Å². The van der Waals surface area contributed by atoms with Crippen LogP contribution < -0.4 is 0 Å². The lowest BCUT2D eigenvalue weighted by atomic mass is 9.46. The third kappa shape index (κ3) is 2.60. The number of ketones is 2. The highest BCUT2D eigenvalue weighted by atomic mass is 16.6. The van der Waals surface area contributed by atoms with Gasteiger partial charge in [-0.15, -0.1) is 0 Å². The zero-order valence-corrected chi connectivity index (χ0v) is 17.5. The van der Waals surface area contributed by atoms with E-state index in [1.54, 1.807) is 19.1 Å². The van der Waals surface area contributed by atoms with Gasteiger partial charge in [0.2, 0.25) is 0 Å². The molecule has 0 spiro atoms. The first kappa shape index (κ1) is 21.0. The Hall–Kier alpha value is -2.28. The van der Waals surface area contributed by atoms with Crippen LogP contribution in [-0.2, 0) is 23.9 Å². The van der Waals surface area contributed by atoms with E-state index in [1.165, 1.54) is 6.92 Å². The largest absolute Gasteiger partial charge is 0.475 e. The quantitative estimate of drug-likeness (QED) is 0.535. The molecular weight excluding hydrogens is 388 g/mol. The predicted molar refractivity (Wildman–Crippen MR) is 105 cm³/mol. The topological polar surface area (TPSA) is 118 Å². The summed E-state index contributed by atoms with van der Waals surface area (Å²) in [6.07, 6.45) is 6.59. The Morgan fingerprint density at radius 3 is 2.53 bits per heavy atom. The third-order valence-corrected chi connectivity index (χ3v) is 8.49. The number of Topliss-reactive ketones (excluding diaryl/α,β-unsaturated/α-hetero) is 1. The van der Waals surface area contributed by atoms with E-state index in [0.29, 0.717) is 12.8 Å². The molecule has 3 saturated carbocycles. The first-order chi connectivity index (χ1) is 14.0. The van der Waals surface area contributed by atoms with E-state index in [-0.39, 0.29) is 36.4 Å². The maximum absolute atomic E-state index is 12.8. The Bertz CT molecular complexity index is 901. The maximum atomic E-state index is 12.8. The van der Waals surface area contributed by atoms with Crippen LogP contribution in [0, 0.1) is 28.6 Å². The lowest BCUT2D eigenvalue weighted by molar-refractivity contribution is -0.200. The fourth-order valence-corrected chi connectivity index (χ4v) is 7.32. The second-order valence-corrected chi connectivity index (χ2v) is 9.81. The zero-order chi connectivity index (χ0) is 22.1. The number of carbonyl (C=O) groups is 4. The molecule has 4 rings (SSSR count). The summed E-state index contributed by atoms with van der Waals surface area (Å²) in [5, 5.41) is 20.8. The van der Waals surface area contributed by atoms with Gasteiger partial charge in [0.25, 0.3) is 5.78 Å². The van der Waals surface area contributed by atoms with Gasteiger partial charge in [-0.1, -0.05) is 25.5 Å². The lowest BCUT2D eigenvalue weighted by Crippen LogP contribution is -2.63. The molecule has 0 saturated heterocycles. The summed E-state index contributed by atoms with van der Waals surface area (Å²) in [7, 11) is 0. The second-order valence-electron chi connectivity index (χ2n) is 9.81. The number of carboxylic acid groups (broad SMARTS) is 1. The number of fused-ring (bicyclic) bond motifs is 5. The maximum Gasteiger partial charge on any atom is 0.376 e. The molecule has 0 amide bonds. The summed E-state index contributed by atoms with van der Waals surface area (Å²) in [5.41, 5.74) is -2.18. The Balaban J connectivity index is 1.78. The fourth-order valence-electron chi connectivity index (χ4n) is 7.32. The molecule has 3 fully saturated rings. The highest BCUT2D eigenvalue weighted by Crippen LogP contribution is 2.67. The van der Waals surface area contributed by atoms with E-state index in [4.69, 9.17) is 4.74 Å². The number of carbonyl (C=O) groups excluding carboxylic acids is 3. The van der Waals surface area contributed by atoms with Gasteiger partial charge in [0.1, 0.15) is 0 Å². The van der Waals surface area contributed by atoms with E-state index in [2.05, 4.69) is 0 Å².